The van der Waals surface area contributed by atoms with E-state index in [1.807, 2.05) is 4.90 Å². The summed E-state index contributed by atoms with van der Waals surface area (Å²) in [7, 11) is 0. The molecule has 0 radical (unpaired) electrons. The standard InChI is InChI=1S/C22H22ClFIN5O2/c23-16-3-5-20(30-11-9-27-28-30)18(12-16)22(31)29-10-1-2-15(19(29)7-8-25)14-32-21-6-4-17(24)13-26-21/h3-6,9,11-13,15,19H,1-2,7-8,10,14H2. The Kier molecular flexibility index (Phi) is 7.56. The van der Waals surface area contributed by atoms with E-state index < -0.39 is 5.82 Å². The predicted octanol–water partition coefficient (Wildman–Crippen LogP) is 4.58. The molecule has 32 heavy (non-hydrogen) atoms. The van der Waals surface area contributed by atoms with Crippen LogP contribution in [0.15, 0.2) is 48.9 Å². The molecule has 7 nitrogen and oxygen atoms in total. The van der Waals surface area contributed by atoms with E-state index >= 15 is 0 Å². The Hall–Kier alpha value is -2.27. The van der Waals surface area contributed by atoms with Crippen molar-refractivity contribution < 1.29 is 13.9 Å². The Bertz CT molecular complexity index is 1050. The number of likely N-dealkylation sites (tertiary alicyclic amines) is 1. The topological polar surface area (TPSA) is 73.1 Å². The molecule has 3 heterocycles. The van der Waals surface area contributed by atoms with Crippen molar-refractivity contribution in [2.75, 3.05) is 17.6 Å². The summed E-state index contributed by atoms with van der Waals surface area (Å²) >= 11 is 8.58. The maximum absolute atomic E-state index is 13.7. The number of hydrogen-bond donors (Lipinski definition) is 0. The first-order valence-corrected chi connectivity index (χ1v) is 12.2. The molecule has 2 unspecified atom stereocenters. The molecule has 1 amide bonds. The number of piperidine rings is 1. The van der Waals surface area contributed by atoms with Crippen LogP contribution in [0, 0.1) is 11.7 Å². The molecule has 1 fully saturated rings. The second-order valence-electron chi connectivity index (χ2n) is 7.58. The molecule has 0 aliphatic carbocycles. The molecule has 168 valence electrons. The molecule has 2 atom stereocenters. The van der Waals surface area contributed by atoms with Crippen LogP contribution in [0.2, 0.25) is 5.02 Å². The number of ether oxygens (including phenoxy) is 1. The van der Waals surface area contributed by atoms with Gasteiger partial charge in [-0.15, -0.1) is 5.10 Å². The molecule has 0 N–H and O–H groups in total. The number of nitrogens with zero attached hydrogens (tertiary/aromatic N) is 5. The summed E-state index contributed by atoms with van der Waals surface area (Å²) in [5, 5.41) is 8.39. The van der Waals surface area contributed by atoms with Gasteiger partial charge in [0.15, 0.2) is 0 Å². The van der Waals surface area contributed by atoms with E-state index in [9.17, 15) is 9.18 Å². The van der Waals surface area contributed by atoms with Gasteiger partial charge >= 0.3 is 0 Å². The molecule has 2 aromatic heterocycles. The number of rotatable bonds is 7. The van der Waals surface area contributed by atoms with Gasteiger partial charge in [0, 0.05) is 34.0 Å². The smallest absolute Gasteiger partial charge is 0.256 e. The fraction of sp³-hybridized carbons (Fsp3) is 0.364. The zero-order chi connectivity index (χ0) is 22.5. The van der Waals surface area contributed by atoms with E-state index in [1.54, 1.807) is 35.3 Å². The van der Waals surface area contributed by atoms with Crippen molar-refractivity contribution in [1.29, 1.82) is 0 Å². The molecular formula is C22H22ClFIN5O2. The van der Waals surface area contributed by atoms with Crippen molar-refractivity contribution >= 4 is 40.1 Å². The summed E-state index contributed by atoms with van der Waals surface area (Å²) in [4.78, 5) is 19.6. The van der Waals surface area contributed by atoms with Gasteiger partial charge in [0.25, 0.3) is 5.91 Å². The Morgan fingerprint density at radius 1 is 1.31 bits per heavy atom. The normalized spacial score (nSPS) is 18.5. The van der Waals surface area contributed by atoms with Crippen LogP contribution in [0.3, 0.4) is 0 Å². The minimum atomic E-state index is -0.403. The molecule has 1 aliphatic rings. The lowest BCUT2D eigenvalue weighted by Gasteiger charge is -2.41. The van der Waals surface area contributed by atoms with Gasteiger partial charge in [0.1, 0.15) is 5.82 Å². The highest BCUT2D eigenvalue weighted by Gasteiger charge is 2.35. The van der Waals surface area contributed by atoms with Gasteiger partial charge < -0.3 is 9.64 Å². The van der Waals surface area contributed by atoms with E-state index in [1.165, 1.54) is 12.1 Å². The predicted molar refractivity (Wildman–Crippen MR) is 127 cm³/mol. The van der Waals surface area contributed by atoms with Crippen LogP contribution < -0.4 is 4.74 Å². The summed E-state index contributed by atoms with van der Waals surface area (Å²) in [6.45, 7) is 1.07. The number of halogens is 3. The number of pyridine rings is 1. The van der Waals surface area contributed by atoms with Gasteiger partial charge in [-0.05, 0) is 43.5 Å². The van der Waals surface area contributed by atoms with Gasteiger partial charge in [0.2, 0.25) is 5.88 Å². The van der Waals surface area contributed by atoms with Crippen molar-refractivity contribution in [3.8, 4) is 11.6 Å². The second kappa shape index (κ2) is 10.6. The summed E-state index contributed by atoms with van der Waals surface area (Å²) in [5.74, 6) is 0.0337. The van der Waals surface area contributed by atoms with Crippen LogP contribution >= 0.6 is 34.2 Å². The van der Waals surface area contributed by atoms with Crippen LogP contribution in [-0.4, -0.2) is 54.4 Å². The van der Waals surface area contributed by atoms with E-state index in [0.29, 0.717) is 35.3 Å². The average molecular weight is 570 g/mol. The average Bonchev–Trinajstić information content (AvgIpc) is 3.34. The third kappa shape index (κ3) is 5.20. The van der Waals surface area contributed by atoms with Crippen molar-refractivity contribution in [3.05, 3.63) is 65.3 Å². The number of alkyl halides is 1. The molecule has 0 bridgehead atoms. The highest BCUT2D eigenvalue weighted by Crippen LogP contribution is 2.31. The zero-order valence-electron chi connectivity index (χ0n) is 17.2. The largest absolute Gasteiger partial charge is 0.477 e. The van der Waals surface area contributed by atoms with E-state index in [2.05, 4.69) is 37.9 Å². The van der Waals surface area contributed by atoms with Gasteiger partial charge in [-0.1, -0.05) is 39.4 Å². The molecular weight excluding hydrogens is 548 g/mol. The van der Waals surface area contributed by atoms with Gasteiger partial charge in [-0.2, -0.15) is 0 Å². The minimum absolute atomic E-state index is 0.0103. The molecule has 1 aromatic carbocycles. The molecule has 1 aliphatic heterocycles. The monoisotopic (exact) mass is 569 g/mol. The Morgan fingerprint density at radius 2 is 2.19 bits per heavy atom. The fourth-order valence-corrected chi connectivity index (χ4v) is 4.91. The van der Waals surface area contributed by atoms with Crippen LogP contribution in [0.5, 0.6) is 5.88 Å². The lowest BCUT2D eigenvalue weighted by atomic mass is 9.87. The molecule has 0 saturated carbocycles. The summed E-state index contributed by atoms with van der Waals surface area (Å²) in [6, 6.07) is 8.06. The van der Waals surface area contributed by atoms with Crippen LogP contribution in [0.1, 0.15) is 29.6 Å². The third-order valence-corrected chi connectivity index (χ3v) is 6.45. The number of amides is 1. The maximum Gasteiger partial charge on any atom is 0.256 e. The van der Waals surface area contributed by atoms with Crippen LogP contribution in [-0.2, 0) is 0 Å². The summed E-state index contributed by atoms with van der Waals surface area (Å²) in [6.07, 6.45) is 7.06. The number of aromatic nitrogens is 4. The van der Waals surface area contributed by atoms with Crippen molar-refractivity contribution in [2.24, 2.45) is 5.92 Å². The molecule has 4 rings (SSSR count). The first-order valence-electron chi connectivity index (χ1n) is 10.3. The van der Waals surface area contributed by atoms with Crippen molar-refractivity contribution in [3.63, 3.8) is 0 Å². The zero-order valence-corrected chi connectivity index (χ0v) is 20.1. The number of hydrogen-bond acceptors (Lipinski definition) is 5. The number of carbonyl (C=O) groups is 1. The van der Waals surface area contributed by atoms with E-state index in [-0.39, 0.29) is 17.9 Å². The minimum Gasteiger partial charge on any atom is -0.477 e. The summed E-state index contributed by atoms with van der Waals surface area (Å²) < 4.78 is 21.5. The first-order chi connectivity index (χ1) is 15.6. The van der Waals surface area contributed by atoms with Gasteiger partial charge in [-0.25, -0.2) is 14.1 Å². The number of carbonyl (C=O) groups excluding carboxylic acids is 1. The Morgan fingerprint density at radius 3 is 2.91 bits per heavy atom. The molecule has 10 heteroatoms. The van der Waals surface area contributed by atoms with Gasteiger partial charge in [-0.3, -0.25) is 4.79 Å². The van der Waals surface area contributed by atoms with Crippen molar-refractivity contribution in [1.82, 2.24) is 24.9 Å². The number of benzene rings is 1. The summed E-state index contributed by atoms with van der Waals surface area (Å²) in [5.41, 5.74) is 1.13. The Balaban J connectivity index is 1.57. The first kappa shape index (κ1) is 22.9. The van der Waals surface area contributed by atoms with E-state index in [0.717, 1.165) is 29.9 Å². The highest BCUT2D eigenvalue weighted by atomic mass is 127. The molecule has 1 saturated heterocycles. The Labute approximate surface area is 204 Å². The SMILES string of the molecule is O=C(c1cc(Cl)ccc1-n1ccnn1)N1CCCC(COc2ccc(F)cn2)C1CCI. The van der Waals surface area contributed by atoms with E-state index in [4.69, 9.17) is 16.3 Å². The quantitative estimate of drug-likeness (QED) is 0.308. The van der Waals surface area contributed by atoms with Crippen LogP contribution in [0.4, 0.5) is 4.39 Å². The van der Waals surface area contributed by atoms with Gasteiger partial charge in [0.05, 0.1) is 36.4 Å². The maximum atomic E-state index is 13.7. The van der Waals surface area contributed by atoms with Crippen LogP contribution in [0.25, 0.3) is 5.69 Å². The molecule has 3 aromatic rings. The lowest BCUT2D eigenvalue weighted by molar-refractivity contribution is 0.0397. The fourth-order valence-electron chi connectivity index (χ4n) is 4.10. The third-order valence-electron chi connectivity index (χ3n) is 5.59. The molecule has 0 spiro atoms. The second-order valence-corrected chi connectivity index (χ2v) is 9.10. The lowest BCUT2D eigenvalue weighted by Crippen LogP contribution is -2.50. The van der Waals surface area contributed by atoms with Crippen molar-refractivity contribution in [2.45, 2.75) is 25.3 Å². The highest BCUT2D eigenvalue weighted by molar-refractivity contribution is 14.1.